The smallest absolute Gasteiger partial charge is 0.342 e. The second kappa shape index (κ2) is 9.50. The lowest BCUT2D eigenvalue weighted by Crippen LogP contribution is -2.31. The lowest BCUT2D eigenvalue weighted by atomic mass is 10.1. The molecule has 0 spiro atoms. The van der Waals surface area contributed by atoms with E-state index in [0.717, 1.165) is 18.1 Å². The molecule has 0 aliphatic carbocycles. The lowest BCUT2D eigenvalue weighted by Gasteiger charge is -2.15. The summed E-state index contributed by atoms with van der Waals surface area (Å²) < 4.78 is 10.0. The number of nitrogens with one attached hydrogen (secondary N) is 1. The van der Waals surface area contributed by atoms with Crippen molar-refractivity contribution in [2.45, 2.75) is 26.3 Å². The number of hydrogen-bond acceptors (Lipinski definition) is 6. The number of nitro benzene ring substituents is 1. The number of non-ortho nitro benzene ring substituents is 1. The van der Waals surface area contributed by atoms with Crippen LogP contribution < -0.4 is 10.1 Å². The Morgan fingerprint density at radius 2 is 1.86 bits per heavy atom. The maximum Gasteiger partial charge on any atom is 0.342 e. The van der Waals surface area contributed by atoms with Crippen molar-refractivity contribution in [3.63, 3.8) is 0 Å². The van der Waals surface area contributed by atoms with Crippen LogP contribution in [0.3, 0.4) is 0 Å². The third kappa shape index (κ3) is 5.29. The van der Waals surface area contributed by atoms with Gasteiger partial charge in [-0.25, -0.2) is 4.79 Å². The van der Waals surface area contributed by atoms with Gasteiger partial charge in [-0.05, 0) is 30.5 Å². The van der Waals surface area contributed by atoms with E-state index in [1.165, 1.54) is 24.8 Å². The van der Waals surface area contributed by atoms with Crippen LogP contribution in [0.25, 0.3) is 0 Å². The molecule has 28 heavy (non-hydrogen) atoms. The van der Waals surface area contributed by atoms with E-state index in [9.17, 15) is 19.7 Å². The van der Waals surface area contributed by atoms with E-state index >= 15 is 0 Å². The average Bonchev–Trinajstić information content (AvgIpc) is 2.71. The number of aryl methyl sites for hydroxylation is 1. The molecule has 0 heterocycles. The zero-order chi connectivity index (χ0) is 20.7. The van der Waals surface area contributed by atoms with Gasteiger partial charge in [0.15, 0.2) is 6.61 Å². The number of methoxy groups -OCH3 is 1. The molecule has 0 saturated carbocycles. The van der Waals surface area contributed by atoms with E-state index in [0.29, 0.717) is 0 Å². The molecular weight excluding hydrogens is 364 g/mol. The fraction of sp³-hybridized carbons (Fsp3) is 0.300. The molecule has 0 aromatic heterocycles. The molecule has 0 aliphatic heterocycles. The van der Waals surface area contributed by atoms with Crippen LogP contribution in [0.2, 0.25) is 0 Å². The van der Waals surface area contributed by atoms with Gasteiger partial charge in [-0.3, -0.25) is 14.9 Å². The van der Waals surface area contributed by atoms with Crippen LogP contribution in [0.15, 0.2) is 42.5 Å². The molecule has 2 aromatic rings. The van der Waals surface area contributed by atoms with Gasteiger partial charge in [0.2, 0.25) is 0 Å². The highest BCUT2D eigenvalue weighted by Crippen LogP contribution is 2.24. The topological polar surface area (TPSA) is 108 Å². The Bertz CT molecular complexity index is 863. The van der Waals surface area contributed by atoms with Crippen molar-refractivity contribution < 1.29 is 24.0 Å². The molecule has 1 N–H and O–H groups in total. The molecule has 0 bridgehead atoms. The summed E-state index contributed by atoms with van der Waals surface area (Å²) in [4.78, 5) is 34.6. The fourth-order valence-corrected chi connectivity index (χ4v) is 2.59. The zero-order valence-electron chi connectivity index (χ0n) is 15.9. The highest BCUT2D eigenvalue weighted by atomic mass is 16.6. The number of rotatable bonds is 8. The van der Waals surface area contributed by atoms with E-state index in [1.54, 1.807) is 0 Å². The largest absolute Gasteiger partial charge is 0.496 e. The minimum atomic E-state index is -0.879. The Hall–Kier alpha value is -3.42. The minimum Gasteiger partial charge on any atom is -0.496 e. The normalized spacial score (nSPS) is 11.4. The fourth-order valence-electron chi connectivity index (χ4n) is 2.59. The van der Waals surface area contributed by atoms with Gasteiger partial charge in [0.25, 0.3) is 11.6 Å². The Kier molecular flexibility index (Phi) is 7.08. The molecule has 1 atom stereocenters. The predicted octanol–water partition coefficient (Wildman–Crippen LogP) is 3.20. The molecule has 0 fully saturated rings. The number of benzene rings is 2. The van der Waals surface area contributed by atoms with Crippen molar-refractivity contribution in [1.29, 1.82) is 0 Å². The van der Waals surface area contributed by atoms with Crippen LogP contribution >= 0.6 is 0 Å². The number of nitrogens with zero attached hydrogens (tertiary/aromatic N) is 1. The first-order chi connectivity index (χ1) is 13.3. The Morgan fingerprint density at radius 1 is 1.18 bits per heavy atom. The molecule has 8 heteroatoms. The van der Waals surface area contributed by atoms with E-state index in [1.807, 2.05) is 31.2 Å². The van der Waals surface area contributed by atoms with Crippen molar-refractivity contribution in [2.75, 3.05) is 13.7 Å². The molecule has 2 aromatic carbocycles. The first kappa shape index (κ1) is 20.9. The maximum absolute atomic E-state index is 12.2. The summed E-state index contributed by atoms with van der Waals surface area (Å²) in [6.45, 7) is 3.37. The molecule has 148 valence electrons. The first-order valence-electron chi connectivity index (χ1n) is 8.73. The lowest BCUT2D eigenvalue weighted by molar-refractivity contribution is -0.384. The Morgan fingerprint density at radius 3 is 2.43 bits per heavy atom. The standard InChI is InChI=1S/C20H22N2O6/c1-4-14-5-7-15(8-6-14)13(2)21-19(23)12-28-20(24)17-11-16(22(25)26)9-10-18(17)27-3/h5-11,13H,4,12H2,1-3H3,(H,21,23)/t13-/m0/s1. The third-order valence-corrected chi connectivity index (χ3v) is 4.21. The van der Waals surface area contributed by atoms with Crippen LogP contribution in [0.5, 0.6) is 5.75 Å². The quantitative estimate of drug-likeness (QED) is 0.424. The van der Waals surface area contributed by atoms with E-state index in [4.69, 9.17) is 9.47 Å². The number of amides is 1. The summed E-state index contributed by atoms with van der Waals surface area (Å²) in [5, 5.41) is 13.6. The van der Waals surface area contributed by atoms with Crippen molar-refractivity contribution in [3.05, 3.63) is 69.3 Å². The summed E-state index contributed by atoms with van der Waals surface area (Å²) in [6.07, 6.45) is 0.929. The van der Waals surface area contributed by atoms with Crippen molar-refractivity contribution in [3.8, 4) is 5.75 Å². The molecular formula is C20H22N2O6. The summed E-state index contributed by atoms with van der Waals surface area (Å²) >= 11 is 0. The van der Waals surface area contributed by atoms with E-state index < -0.39 is 23.4 Å². The highest BCUT2D eigenvalue weighted by Gasteiger charge is 2.20. The number of hydrogen-bond donors (Lipinski definition) is 1. The number of carbonyl (C=O) groups excluding carboxylic acids is 2. The first-order valence-corrected chi connectivity index (χ1v) is 8.73. The van der Waals surface area contributed by atoms with Gasteiger partial charge in [0.1, 0.15) is 11.3 Å². The summed E-state index contributed by atoms with van der Waals surface area (Å²) in [6, 6.07) is 11.2. The van der Waals surface area contributed by atoms with Crippen LogP contribution in [-0.4, -0.2) is 30.5 Å². The van der Waals surface area contributed by atoms with Crippen molar-refractivity contribution >= 4 is 17.6 Å². The van der Waals surface area contributed by atoms with Gasteiger partial charge in [-0.1, -0.05) is 31.2 Å². The average molecular weight is 386 g/mol. The van der Waals surface area contributed by atoms with Gasteiger partial charge >= 0.3 is 5.97 Å². The predicted molar refractivity (Wildman–Crippen MR) is 102 cm³/mol. The van der Waals surface area contributed by atoms with Crippen LogP contribution in [0.4, 0.5) is 5.69 Å². The second-order valence-corrected chi connectivity index (χ2v) is 6.10. The number of carbonyl (C=O) groups is 2. The Labute approximate surface area is 162 Å². The number of nitro groups is 1. The minimum absolute atomic E-state index is 0.118. The van der Waals surface area contributed by atoms with Crippen LogP contribution in [0.1, 0.15) is 41.4 Å². The van der Waals surface area contributed by atoms with Gasteiger partial charge in [-0.2, -0.15) is 0 Å². The SMILES string of the molecule is CCc1ccc([C@H](C)NC(=O)COC(=O)c2cc([N+](=O)[O-])ccc2OC)cc1. The van der Waals surface area contributed by atoms with Crippen LogP contribution in [0, 0.1) is 10.1 Å². The van der Waals surface area contributed by atoms with Crippen molar-refractivity contribution in [1.82, 2.24) is 5.32 Å². The summed E-state index contributed by atoms with van der Waals surface area (Å²) in [5.74, 6) is -1.24. The molecule has 1 amide bonds. The van der Waals surface area contributed by atoms with Crippen LogP contribution in [-0.2, 0) is 16.0 Å². The van der Waals surface area contributed by atoms with Gasteiger partial charge in [0, 0.05) is 12.1 Å². The molecule has 0 saturated heterocycles. The number of ether oxygens (including phenoxy) is 2. The molecule has 8 nitrogen and oxygen atoms in total. The van der Waals surface area contributed by atoms with Gasteiger partial charge < -0.3 is 14.8 Å². The Balaban J connectivity index is 1.97. The molecule has 0 unspecified atom stereocenters. The monoisotopic (exact) mass is 386 g/mol. The van der Waals surface area contributed by atoms with E-state index in [2.05, 4.69) is 12.2 Å². The van der Waals surface area contributed by atoms with E-state index in [-0.39, 0.29) is 23.0 Å². The third-order valence-electron chi connectivity index (χ3n) is 4.21. The number of esters is 1. The molecule has 0 radical (unpaired) electrons. The van der Waals surface area contributed by atoms with Crippen molar-refractivity contribution in [2.24, 2.45) is 0 Å². The molecule has 0 aliphatic rings. The summed E-state index contributed by atoms with van der Waals surface area (Å²) in [5.41, 5.74) is 1.73. The summed E-state index contributed by atoms with van der Waals surface area (Å²) in [7, 11) is 1.33. The van der Waals surface area contributed by atoms with Gasteiger partial charge in [-0.15, -0.1) is 0 Å². The second-order valence-electron chi connectivity index (χ2n) is 6.10. The molecule has 2 rings (SSSR count). The zero-order valence-corrected chi connectivity index (χ0v) is 15.9. The maximum atomic E-state index is 12.2. The highest BCUT2D eigenvalue weighted by molar-refractivity contribution is 5.94. The van der Waals surface area contributed by atoms with Gasteiger partial charge in [0.05, 0.1) is 18.1 Å².